The molecule has 0 unspecified atom stereocenters. The van der Waals surface area contributed by atoms with Crippen LogP contribution in [0.3, 0.4) is 0 Å². The van der Waals surface area contributed by atoms with Crippen LogP contribution in [0.1, 0.15) is 57.4 Å². The first-order valence-corrected chi connectivity index (χ1v) is 9.38. The molecule has 0 saturated carbocycles. The lowest BCUT2D eigenvalue weighted by molar-refractivity contribution is 0.302. The largest absolute Gasteiger partial charge is 0.493 e. The second-order valence-corrected chi connectivity index (χ2v) is 6.41. The molecule has 0 spiro atoms. The summed E-state index contributed by atoms with van der Waals surface area (Å²) in [6.45, 7) is 3.92. The number of hydrogen-bond donors (Lipinski definition) is 2. The molecule has 0 heterocycles. The van der Waals surface area contributed by atoms with E-state index in [2.05, 4.69) is 12.2 Å². The zero-order chi connectivity index (χ0) is 17.6. The highest BCUT2D eigenvalue weighted by molar-refractivity contribution is 7.80. The zero-order valence-electron chi connectivity index (χ0n) is 15.1. The number of ether oxygens (including phenoxy) is 2. The number of nitrogens with one attached hydrogen (secondary N) is 1. The zero-order valence-corrected chi connectivity index (χ0v) is 15.9. The number of nitrogens with two attached hydrogens (primary N) is 1. The Balaban J connectivity index is 2.31. The minimum absolute atomic E-state index is 0.482. The van der Waals surface area contributed by atoms with E-state index in [0.29, 0.717) is 19.7 Å². The summed E-state index contributed by atoms with van der Waals surface area (Å²) in [5, 5.41) is 3.33. The van der Waals surface area contributed by atoms with Gasteiger partial charge in [0.15, 0.2) is 11.5 Å². The molecule has 24 heavy (non-hydrogen) atoms. The van der Waals surface area contributed by atoms with E-state index >= 15 is 0 Å². The van der Waals surface area contributed by atoms with E-state index in [1.807, 2.05) is 18.2 Å². The first-order chi connectivity index (χ1) is 11.7. The number of methoxy groups -OCH3 is 1. The smallest absolute Gasteiger partial charge is 0.161 e. The van der Waals surface area contributed by atoms with Crippen LogP contribution < -0.4 is 20.5 Å². The van der Waals surface area contributed by atoms with E-state index in [1.54, 1.807) is 7.11 Å². The van der Waals surface area contributed by atoms with Crippen molar-refractivity contribution in [2.45, 2.75) is 58.4 Å². The molecule has 4 nitrogen and oxygen atoms in total. The average molecular weight is 353 g/mol. The van der Waals surface area contributed by atoms with E-state index in [1.165, 1.54) is 38.5 Å². The summed E-state index contributed by atoms with van der Waals surface area (Å²) in [4.78, 5) is 0.938. The molecule has 0 fully saturated rings. The van der Waals surface area contributed by atoms with Crippen molar-refractivity contribution in [3.05, 3.63) is 23.8 Å². The van der Waals surface area contributed by atoms with Crippen LogP contribution >= 0.6 is 12.2 Å². The van der Waals surface area contributed by atoms with Crippen molar-refractivity contribution in [3.63, 3.8) is 0 Å². The van der Waals surface area contributed by atoms with Crippen LogP contribution in [0.25, 0.3) is 0 Å². The molecule has 0 aliphatic rings. The van der Waals surface area contributed by atoms with E-state index in [0.717, 1.165) is 28.5 Å². The molecule has 1 aromatic carbocycles. The normalized spacial score (nSPS) is 10.5. The van der Waals surface area contributed by atoms with Crippen molar-refractivity contribution in [1.29, 1.82) is 0 Å². The quantitative estimate of drug-likeness (QED) is 0.411. The Bertz CT molecular complexity index is 480. The third-order valence-electron chi connectivity index (χ3n) is 3.85. The van der Waals surface area contributed by atoms with E-state index in [-0.39, 0.29) is 0 Å². The second kappa shape index (κ2) is 13.0. The number of thiocarbonyl (C=S) groups is 1. The molecule has 0 radical (unpaired) electrons. The number of benzene rings is 1. The number of unbranched alkanes of at least 4 members (excludes halogenated alkanes) is 5. The van der Waals surface area contributed by atoms with Gasteiger partial charge in [-0.2, -0.15) is 0 Å². The lowest BCUT2D eigenvalue weighted by atomic mass is 10.1. The second-order valence-electron chi connectivity index (χ2n) is 5.92. The van der Waals surface area contributed by atoms with Crippen LogP contribution in [0.2, 0.25) is 0 Å². The lowest BCUT2D eigenvalue weighted by Gasteiger charge is -2.13. The highest BCUT2D eigenvalue weighted by Gasteiger charge is 2.06. The van der Waals surface area contributed by atoms with Crippen molar-refractivity contribution in [2.24, 2.45) is 5.73 Å². The Morgan fingerprint density at radius 1 is 1.12 bits per heavy atom. The maximum Gasteiger partial charge on any atom is 0.161 e. The Kier molecular flexibility index (Phi) is 11.2. The molecular weight excluding hydrogens is 320 g/mol. The van der Waals surface area contributed by atoms with Gasteiger partial charge in [0.1, 0.15) is 6.61 Å². The fourth-order valence-electron chi connectivity index (χ4n) is 2.47. The summed E-state index contributed by atoms with van der Waals surface area (Å²) in [6.07, 6.45) is 8.70. The lowest BCUT2D eigenvalue weighted by Crippen LogP contribution is -2.20. The van der Waals surface area contributed by atoms with E-state index < -0.39 is 0 Å². The van der Waals surface area contributed by atoms with Crippen molar-refractivity contribution >= 4 is 17.2 Å². The summed E-state index contributed by atoms with van der Waals surface area (Å²) >= 11 is 5.42. The fraction of sp³-hybridized carbons (Fsp3) is 0.632. The Morgan fingerprint density at radius 2 is 1.88 bits per heavy atom. The van der Waals surface area contributed by atoms with Gasteiger partial charge in [0, 0.05) is 13.1 Å². The van der Waals surface area contributed by atoms with Gasteiger partial charge >= 0.3 is 0 Å². The van der Waals surface area contributed by atoms with Gasteiger partial charge in [-0.25, -0.2) is 0 Å². The molecule has 0 bridgehead atoms. The van der Waals surface area contributed by atoms with Gasteiger partial charge in [0.25, 0.3) is 0 Å². The molecule has 136 valence electrons. The topological polar surface area (TPSA) is 56.5 Å². The van der Waals surface area contributed by atoms with Crippen LogP contribution in [0.4, 0.5) is 0 Å². The number of rotatable bonds is 13. The highest BCUT2D eigenvalue weighted by Crippen LogP contribution is 2.27. The molecular formula is C19H32N2O2S. The average Bonchev–Trinajstić information content (AvgIpc) is 2.61. The molecule has 0 atom stereocenters. The van der Waals surface area contributed by atoms with E-state index in [9.17, 15) is 0 Å². The van der Waals surface area contributed by atoms with Crippen molar-refractivity contribution < 1.29 is 9.47 Å². The summed E-state index contributed by atoms with van der Waals surface area (Å²) in [5.41, 5.74) is 6.58. The molecule has 5 heteroatoms. The van der Waals surface area contributed by atoms with Gasteiger partial charge in [-0.15, -0.1) is 0 Å². The van der Waals surface area contributed by atoms with Crippen molar-refractivity contribution in [3.8, 4) is 11.5 Å². The van der Waals surface area contributed by atoms with E-state index in [4.69, 9.17) is 27.4 Å². The van der Waals surface area contributed by atoms with Crippen molar-refractivity contribution in [1.82, 2.24) is 5.32 Å². The minimum atomic E-state index is 0.482. The minimum Gasteiger partial charge on any atom is -0.493 e. The predicted molar refractivity (Wildman–Crippen MR) is 105 cm³/mol. The van der Waals surface area contributed by atoms with Crippen LogP contribution in [0.15, 0.2) is 18.2 Å². The van der Waals surface area contributed by atoms with Crippen molar-refractivity contribution in [2.75, 3.05) is 20.3 Å². The molecule has 0 aliphatic heterocycles. The fourth-order valence-corrected chi connectivity index (χ4v) is 2.68. The predicted octanol–water partition coefficient (Wildman–Crippen LogP) is 4.20. The Labute approximate surface area is 152 Å². The van der Waals surface area contributed by atoms with Gasteiger partial charge in [-0.3, -0.25) is 0 Å². The molecule has 3 N–H and O–H groups in total. The molecule has 0 aromatic heterocycles. The van der Waals surface area contributed by atoms with Gasteiger partial charge in [0.2, 0.25) is 0 Å². The number of hydrogen-bond acceptors (Lipinski definition) is 4. The molecule has 0 saturated heterocycles. The van der Waals surface area contributed by atoms with Crippen LogP contribution in [-0.2, 0) is 6.54 Å². The summed E-state index contributed by atoms with van der Waals surface area (Å²) in [6, 6.07) is 5.92. The van der Waals surface area contributed by atoms with Gasteiger partial charge < -0.3 is 20.5 Å². The summed E-state index contributed by atoms with van der Waals surface area (Å²) in [7, 11) is 1.64. The standard InChI is InChI=1S/C19H32N2O2S/c1-3-4-5-6-7-8-9-19(24)21-15-16-10-11-17(23-13-12-20)18(14-16)22-2/h10-11,14H,3-9,12-13,15,20H2,1-2H3,(H,21,24). The third kappa shape index (κ3) is 8.50. The Morgan fingerprint density at radius 3 is 2.58 bits per heavy atom. The monoisotopic (exact) mass is 352 g/mol. The van der Waals surface area contributed by atoms with Crippen LogP contribution in [-0.4, -0.2) is 25.2 Å². The summed E-state index contributed by atoms with van der Waals surface area (Å²) < 4.78 is 10.9. The molecule has 0 aliphatic carbocycles. The van der Waals surface area contributed by atoms with Crippen LogP contribution in [0.5, 0.6) is 11.5 Å². The van der Waals surface area contributed by atoms with Gasteiger partial charge in [0.05, 0.1) is 12.1 Å². The first-order valence-electron chi connectivity index (χ1n) is 8.97. The maximum atomic E-state index is 5.55. The summed E-state index contributed by atoms with van der Waals surface area (Å²) in [5.74, 6) is 1.45. The Hall–Kier alpha value is -1.33. The SMILES string of the molecule is CCCCCCCCC(=S)NCc1ccc(OCCN)c(OC)c1. The van der Waals surface area contributed by atoms with Gasteiger partial charge in [-0.1, -0.05) is 57.3 Å². The molecule has 0 amide bonds. The van der Waals surface area contributed by atoms with Gasteiger partial charge in [-0.05, 0) is 30.5 Å². The molecule has 1 rings (SSSR count). The highest BCUT2D eigenvalue weighted by atomic mass is 32.1. The first kappa shape index (κ1) is 20.7. The third-order valence-corrected chi connectivity index (χ3v) is 4.20. The van der Waals surface area contributed by atoms with Crippen LogP contribution in [0, 0.1) is 0 Å². The molecule has 1 aromatic rings. The maximum absolute atomic E-state index is 5.55.